The molecule has 0 spiro atoms. The van der Waals surface area contributed by atoms with Gasteiger partial charge in [-0.05, 0) is 27.2 Å². The third kappa shape index (κ3) is 5.89. The monoisotopic (exact) mass is 228 g/mol. The SMILES string of the molecule is CC(C)(C)C(=O)CCCOC(=O)C(C)(C)C. The molecule has 0 N–H and O–H groups in total. The van der Waals surface area contributed by atoms with E-state index in [9.17, 15) is 9.59 Å². The van der Waals surface area contributed by atoms with Gasteiger partial charge in [-0.15, -0.1) is 0 Å². The highest BCUT2D eigenvalue weighted by atomic mass is 16.5. The fraction of sp³-hybridized carbons (Fsp3) is 0.846. The Bertz CT molecular complexity index is 225. The summed E-state index contributed by atoms with van der Waals surface area (Å²) in [6.07, 6.45) is 1.08. The van der Waals surface area contributed by atoms with E-state index in [2.05, 4.69) is 0 Å². The van der Waals surface area contributed by atoms with Crippen molar-refractivity contribution in [3.8, 4) is 0 Å². The molecule has 0 aliphatic carbocycles. The van der Waals surface area contributed by atoms with Gasteiger partial charge in [-0.3, -0.25) is 9.59 Å². The summed E-state index contributed by atoms with van der Waals surface area (Å²) in [5, 5.41) is 0. The van der Waals surface area contributed by atoms with Crippen LogP contribution in [0.4, 0.5) is 0 Å². The number of carbonyl (C=O) groups excluding carboxylic acids is 2. The molecule has 94 valence electrons. The predicted molar refractivity (Wildman–Crippen MR) is 64.1 cm³/mol. The Labute approximate surface area is 98.6 Å². The van der Waals surface area contributed by atoms with E-state index >= 15 is 0 Å². The van der Waals surface area contributed by atoms with Gasteiger partial charge in [0.05, 0.1) is 12.0 Å². The Morgan fingerprint density at radius 3 is 1.81 bits per heavy atom. The zero-order valence-corrected chi connectivity index (χ0v) is 11.3. The summed E-state index contributed by atoms with van der Waals surface area (Å²) in [5.74, 6) is -0.00462. The summed E-state index contributed by atoms with van der Waals surface area (Å²) in [6.45, 7) is 11.5. The van der Waals surface area contributed by atoms with Gasteiger partial charge < -0.3 is 4.74 Å². The van der Waals surface area contributed by atoms with Crippen molar-refractivity contribution in [3.05, 3.63) is 0 Å². The third-order valence-electron chi connectivity index (χ3n) is 2.23. The minimum atomic E-state index is -0.464. The Kier molecular flexibility index (Phi) is 5.17. The molecule has 0 bridgehead atoms. The lowest BCUT2D eigenvalue weighted by Crippen LogP contribution is -2.24. The number of carbonyl (C=O) groups is 2. The molecule has 0 radical (unpaired) electrons. The van der Waals surface area contributed by atoms with Gasteiger partial charge in [0.15, 0.2) is 0 Å². The van der Waals surface area contributed by atoms with Crippen molar-refractivity contribution in [2.24, 2.45) is 10.8 Å². The number of hydrogen-bond donors (Lipinski definition) is 0. The molecule has 0 amide bonds. The lowest BCUT2D eigenvalue weighted by molar-refractivity contribution is -0.153. The van der Waals surface area contributed by atoms with Crippen LogP contribution in [0.2, 0.25) is 0 Å². The van der Waals surface area contributed by atoms with E-state index in [1.54, 1.807) is 0 Å². The van der Waals surface area contributed by atoms with Crippen LogP contribution in [0.5, 0.6) is 0 Å². The number of ether oxygens (including phenoxy) is 1. The molecule has 0 aromatic carbocycles. The fourth-order valence-electron chi connectivity index (χ4n) is 0.989. The first-order chi connectivity index (χ1) is 7.05. The minimum absolute atomic E-state index is 0.208. The van der Waals surface area contributed by atoms with E-state index < -0.39 is 5.41 Å². The second-order valence-corrected chi connectivity index (χ2v) is 6.16. The molecule has 3 nitrogen and oxygen atoms in total. The second kappa shape index (κ2) is 5.46. The largest absolute Gasteiger partial charge is 0.465 e. The molecule has 0 aliphatic heterocycles. The molecule has 0 saturated heterocycles. The van der Waals surface area contributed by atoms with E-state index in [-0.39, 0.29) is 17.2 Å². The summed E-state index contributed by atoms with van der Waals surface area (Å²) >= 11 is 0. The maximum absolute atomic E-state index is 11.6. The molecule has 0 atom stereocenters. The van der Waals surface area contributed by atoms with Crippen LogP contribution in [0.3, 0.4) is 0 Å². The summed E-state index contributed by atoms with van der Waals surface area (Å²) in [7, 11) is 0. The average Bonchev–Trinajstić information content (AvgIpc) is 2.08. The Morgan fingerprint density at radius 1 is 0.938 bits per heavy atom. The number of hydrogen-bond acceptors (Lipinski definition) is 3. The molecule has 0 unspecified atom stereocenters. The Morgan fingerprint density at radius 2 is 1.44 bits per heavy atom. The highest BCUT2D eigenvalue weighted by molar-refractivity contribution is 5.83. The van der Waals surface area contributed by atoms with Gasteiger partial charge >= 0.3 is 5.97 Å². The number of rotatable bonds is 4. The summed E-state index contributed by atoms with van der Waals surface area (Å²) in [6, 6.07) is 0. The van der Waals surface area contributed by atoms with Gasteiger partial charge in [0.25, 0.3) is 0 Å². The summed E-state index contributed by atoms with van der Waals surface area (Å²) in [5.41, 5.74) is -0.762. The number of Topliss-reactive ketones (excluding diaryl/α,β-unsaturated/α-hetero) is 1. The molecular weight excluding hydrogens is 204 g/mol. The molecule has 3 heteroatoms. The van der Waals surface area contributed by atoms with E-state index in [0.29, 0.717) is 19.4 Å². The van der Waals surface area contributed by atoms with Crippen molar-refractivity contribution in [2.45, 2.75) is 54.4 Å². The fourth-order valence-corrected chi connectivity index (χ4v) is 0.989. The maximum Gasteiger partial charge on any atom is 0.311 e. The lowest BCUT2D eigenvalue weighted by atomic mass is 9.88. The van der Waals surface area contributed by atoms with Gasteiger partial charge in [0, 0.05) is 11.8 Å². The first-order valence-electron chi connectivity index (χ1n) is 5.75. The average molecular weight is 228 g/mol. The van der Waals surface area contributed by atoms with Gasteiger partial charge in [-0.25, -0.2) is 0 Å². The maximum atomic E-state index is 11.6. The standard InChI is InChI=1S/C13H24O3/c1-12(2,3)10(14)8-7-9-16-11(15)13(4,5)6/h7-9H2,1-6H3. The van der Waals surface area contributed by atoms with Crippen molar-refractivity contribution in [1.29, 1.82) is 0 Å². The van der Waals surface area contributed by atoms with Gasteiger partial charge in [-0.2, -0.15) is 0 Å². The molecule has 0 saturated carbocycles. The highest BCUT2D eigenvalue weighted by Gasteiger charge is 2.23. The highest BCUT2D eigenvalue weighted by Crippen LogP contribution is 2.18. The van der Waals surface area contributed by atoms with Gasteiger partial charge in [0.2, 0.25) is 0 Å². The van der Waals surface area contributed by atoms with Crippen molar-refractivity contribution in [1.82, 2.24) is 0 Å². The molecule has 0 aliphatic rings. The van der Waals surface area contributed by atoms with Crippen molar-refractivity contribution in [2.75, 3.05) is 6.61 Å². The molecule has 0 heterocycles. The second-order valence-electron chi connectivity index (χ2n) is 6.16. The third-order valence-corrected chi connectivity index (χ3v) is 2.23. The predicted octanol–water partition coefficient (Wildman–Crippen LogP) is 2.97. The smallest absolute Gasteiger partial charge is 0.311 e. The molecule has 16 heavy (non-hydrogen) atoms. The van der Waals surface area contributed by atoms with Gasteiger partial charge in [-0.1, -0.05) is 20.8 Å². The van der Waals surface area contributed by atoms with E-state index in [1.807, 2.05) is 41.5 Å². The zero-order valence-electron chi connectivity index (χ0n) is 11.3. The van der Waals surface area contributed by atoms with E-state index in [0.717, 1.165) is 0 Å². The van der Waals surface area contributed by atoms with Crippen LogP contribution in [-0.2, 0) is 14.3 Å². The molecule has 0 aromatic rings. The van der Waals surface area contributed by atoms with E-state index in [4.69, 9.17) is 4.74 Å². The lowest BCUT2D eigenvalue weighted by Gasteiger charge is -2.18. The van der Waals surface area contributed by atoms with Crippen LogP contribution >= 0.6 is 0 Å². The van der Waals surface area contributed by atoms with E-state index in [1.165, 1.54) is 0 Å². The first kappa shape index (κ1) is 15.1. The molecule has 0 rings (SSSR count). The summed E-state index contributed by atoms with van der Waals surface area (Å²) in [4.78, 5) is 23.0. The summed E-state index contributed by atoms with van der Waals surface area (Å²) < 4.78 is 5.08. The quantitative estimate of drug-likeness (QED) is 0.549. The van der Waals surface area contributed by atoms with Crippen molar-refractivity contribution in [3.63, 3.8) is 0 Å². The Balaban J connectivity index is 3.79. The van der Waals surface area contributed by atoms with Crippen LogP contribution in [0.25, 0.3) is 0 Å². The normalized spacial score (nSPS) is 12.4. The van der Waals surface area contributed by atoms with Crippen LogP contribution in [0.15, 0.2) is 0 Å². The first-order valence-corrected chi connectivity index (χ1v) is 5.75. The van der Waals surface area contributed by atoms with Crippen molar-refractivity contribution >= 4 is 11.8 Å². The van der Waals surface area contributed by atoms with Crippen LogP contribution in [-0.4, -0.2) is 18.4 Å². The molecule has 0 aromatic heterocycles. The zero-order chi connectivity index (χ0) is 13.0. The van der Waals surface area contributed by atoms with Gasteiger partial charge in [0.1, 0.15) is 5.78 Å². The van der Waals surface area contributed by atoms with Crippen LogP contribution in [0, 0.1) is 10.8 Å². The Hall–Kier alpha value is -0.860. The number of ketones is 1. The molecular formula is C13H24O3. The van der Waals surface area contributed by atoms with Crippen molar-refractivity contribution < 1.29 is 14.3 Å². The van der Waals surface area contributed by atoms with Crippen LogP contribution < -0.4 is 0 Å². The number of esters is 1. The van der Waals surface area contributed by atoms with Crippen LogP contribution in [0.1, 0.15) is 54.4 Å². The minimum Gasteiger partial charge on any atom is -0.465 e. The topological polar surface area (TPSA) is 43.4 Å². The molecule has 0 fully saturated rings.